The lowest BCUT2D eigenvalue weighted by atomic mass is 10.1. The molecular formula is C12H14BrN3O. The molecule has 1 atom stereocenters. The van der Waals surface area contributed by atoms with E-state index in [9.17, 15) is 5.11 Å². The van der Waals surface area contributed by atoms with Crippen LogP contribution in [0.3, 0.4) is 0 Å². The molecule has 0 bridgehead atoms. The van der Waals surface area contributed by atoms with Gasteiger partial charge in [0, 0.05) is 6.54 Å². The molecule has 5 heteroatoms. The number of nitrogens with one attached hydrogen (secondary N) is 1. The Morgan fingerprint density at radius 1 is 1.53 bits per heavy atom. The van der Waals surface area contributed by atoms with Gasteiger partial charge in [-0.1, -0.05) is 6.07 Å². The van der Waals surface area contributed by atoms with Crippen molar-refractivity contribution in [3.05, 3.63) is 22.9 Å². The van der Waals surface area contributed by atoms with Crippen LogP contribution in [0.5, 0.6) is 5.75 Å². The standard InChI is InChI=1S/C12H14BrN3O/c13-12-15-11-9(2-1-3-10(11)17)16(12)7-8-4-5-14-6-8/h1-3,8,14,17H,4-7H2. The second-order valence-electron chi connectivity index (χ2n) is 4.50. The Kier molecular flexibility index (Phi) is 2.80. The number of benzene rings is 1. The van der Waals surface area contributed by atoms with E-state index in [1.54, 1.807) is 6.07 Å². The zero-order valence-corrected chi connectivity index (χ0v) is 10.9. The molecule has 1 fully saturated rings. The first-order valence-electron chi connectivity index (χ1n) is 5.80. The Balaban J connectivity index is 2.02. The SMILES string of the molecule is Oc1cccc2c1nc(Br)n2CC1CCNC1. The lowest BCUT2D eigenvalue weighted by Gasteiger charge is -2.11. The predicted octanol–water partition coefficient (Wildman–Crippen LogP) is 2.11. The van der Waals surface area contributed by atoms with Crippen LogP contribution in [0.1, 0.15) is 6.42 Å². The molecule has 0 radical (unpaired) electrons. The minimum absolute atomic E-state index is 0.242. The molecule has 1 saturated heterocycles. The monoisotopic (exact) mass is 295 g/mol. The zero-order chi connectivity index (χ0) is 11.8. The molecule has 1 aliphatic rings. The van der Waals surface area contributed by atoms with Crippen LogP contribution >= 0.6 is 15.9 Å². The van der Waals surface area contributed by atoms with Crippen LogP contribution in [0.2, 0.25) is 0 Å². The van der Waals surface area contributed by atoms with Crippen molar-refractivity contribution in [2.45, 2.75) is 13.0 Å². The first-order valence-corrected chi connectivity index (χ1v) is 6.59. The number of para-hydroxylation sites is 1. The van der Waals surface area contributed by atoms with Gasteiger partial charge >= 0.3 is 0 Å². The summed E-state index contributed by atoms with van der Waals surface area (Å²) in [6.07, 6.45) is 1.20. The van der Waals surface area contributed by atoms with E-state index >= 15 is 0 Å². The van der Waals surface area contributed by atoms with Gasteiger partial charge in [0.25, 0.3) is 0 Å². The van der Waals surface area contributed by atoms with Gasteiger partial charge < -0.3 is 15.0 Å². The highest BCUT2D eigenvalue weighted by Crippen LogP contribution is 2.28. The van der Waals surface area contributed by atoms with Crippen molar-refractivity contribution in [1.82, 2.24) is 14.9 Å². The Morgan fingerprint density at radius 3 is 3.18 bits per heavy atom. The van der Waals surface area contributed by atoms with Gasteiger partial charge in [0.05, 0.1) is 5.52 Å². The number of phenols is 1. The van der Waals surface area contributed by atoms with Crippen LogP contribution in [0.15, 0.2) is 22.9 Å². The van der Waals surface area contributed by atoms with Crippen molar-refractivity contribution >= 4 is 27.0 Å². The van der Waals surface area contributed by atoms with Gasteiger partial charge in [0.1, 0.15) is 11.3 Å². The Hall–Kier alpha value is -1.07. The van der Waals surface area contributed by atoms with E-state index in [4.69, 9.17) is 0 Å². The number of aromatic nitrogens is 2. The van der Waals surface area contributed by atoms with Gasteiger partial charge in [-0.3, -0.25) is 0 Å². The number of fused-ring (bicyclic) bond motifs is 1. The summed E-state index contributed by atoms with van der Waals surface area (Å²) < 4.78 is 2.92. The highest BCUT2D eigenvalue weighted by molar-refractivity contribution is 9.10. The van der Waals surface area contributed by atoms with Crippen molar-refractivity contribution in [3.63, 3.8) is 0 Å². The fourth-order valence-corrected chi connectivity index (χ4v) is 2.92. The largest absolute Gasteiger partial charge is 0.506 e. The maximum atomic E-state index is 9.76. The number of hydrogen-bond donors (Lipinski definition) is 2. The molecule has 0 aliphatic carbocycles. The van der Waals surface area contributed by atoms with Crippen molar-refractivity contribution in [2.24, 2.45) is 5.92 Å². The molecular weight excluding hydrogens is 282 g/mol. The molecule has 1 aromatic carbocycles. The van der Waals surface area contributed by atoms with Crippen LogP contribution in [-0.2, 0) is 6.54 Å². The maximum absolute atomic E-state index is 9.76. The summed E-state index contributed by atoms with van der Waals surface area (Å²) >= 11 is 3.47. The highest BCUT2D eigenvalue weighted by atomic mass is 79.9. The molecule has 0 amide bonds. The lowest BCUT2D eigenvalue weighted by Crippen LogP contribution is -2.14. The minimum atomic E-state index is 0.242. The second-order valence-corrected chi connectivity index (χ2v) is 5.20. The van der Waals surface area contributed by atoms with Gasteiger partial charge in [0.15, 0.2) is 4.73 Å². The van der Waals surface area contributed by atoms with Gasteiger partial charge in [-0.25, -0.2) is 4.98 Å². The van der Waals surface area contributed by atoms with Crippen molar-refractivity contribution in [3.8, 4) is 5.75 Å². The fourth-order valence-electron chi connectivity index (χ4n) is 2.41. The molecule has 90 valence electrons. The minimum Gasteiger partial charge on any atom is -0.506 e. The van der Waals surface area contributed by atoms with Crippen molar-refractivity contribution < 1.29 is 5.11 Å². The van der Waals surface area contributed by atoms with Gasteiger partial charge in [-0.2, -0.15) is 0 Å². The topological polar surface area (TPSA) is 50.1 Å². The van der Waals surface area contributed by atoms with Gasteiger partial charge in [-0.05, 0) is 53.5 Å². The first-order chi connectivity index (χ1) is 8.25. The Morgan fingerprint density at radius 2 is 2.41 bits per heavy atom. The average Bonchev–Trinajstić information content (AvgIpc) is 2.91. The number of hydrogen-bond acceptors (Lipinski definition) is 3. The Labute approximate surface area is 108 Å². The second kappa shape index (κ2) is 4.31. The maximum Gasteiger partial charge on any atom is 0.178 e. The van der Waals surface area contributed by atoms with E-state index in [0.29, 0.717) is 11.4 Å². The van der Waals surface area contributed by atoms with Crippen molar-refractivity contribution in [1.29, 1.82) is 0 Å². The Bertz CT molecular complexity index is 546. The summed E-state index contributed by atoms with van der Waals surface area (Å²) in [7, 11) is 0. The molecule has 1 unspecified atom stereocenters. The number of phenolic OH excluding ortho intramolecular Hbond substituents is 1. The van der Waals surface area contributed by atoms with Crippen LogP contribution in [0.25, 0.3) is 11.0 Å². The van der Waals surface area contributed by atoms with E-state index in [-0.39, 0.29) is 5.75 Å². The summed E-state index contributed by atoms with van der Waals surface area (Å²) in [4.78, 5) is 4.36. The summed E-state index contributed by atoms with van der Waals surface area (Å²) in [5.41, 5.74) is 1.66. The summed E-state index contributed by atoms with van der Waals surface area (Å²) in [5, 5.41) is 13.1. The molecule has 1 aliphatic heterocycles. The van der Waals surface area contributed by atoms with E-state index in [2.05, 4.69) is 30.8 Å². The highest BCUT2D eigenvalue weighted by Gasteiger charge is 2.18. The quantitative estimate of drug-likeness (QED) is 0.892. The molecule has 2 heterocycles. The number of aromatic hydroxyl groups is 1. The predicted molar refractivity (Wildman–Crippen MR) is 70.1 cm³/mol. The molecule has 17 heavy (non-hydrogen) atoms. The van der Waals surface area contributed by atoms with Gasteiger partial charge in [0.2, 0.25) is 0 Å². The number of rotatable bonds is 2. The summed E-state index contributed by atoms with van der Waals surface area (Å²) in [5.74, 6) is 0.887. The van der Waals surface area contributed by atoms with E-state index in [1.807, 2.05) is 12.1 Å². The van der Waals surface area contributed by atoms with Crippen LogP contribution < -0.4 is 5.32 Å². The van der Waals surface area contributed by atoms with Crippen LogP contribution in [0, 0.1) is 5.92 Å². The molecule has 0 saturated carbocycles. The molecule has 4 nitrogen and oxygen atoms in total. The zero-order valence-electron chi connectivity index (χ0n) is 9.36. The summed E-state index contributed by atoms with van der Waals surface area (Å²) in [6, 6.07) is 5.52. The normalized spacial score (nSPS) is 20.2. The van der Waals surface area contributed by atoms with Crippen LogP contribution in [0.4, 0.5) is 0 Å². The first kappa shape index (κ1) is 11.0. The lowest BCUT2D eigenvalue weighted by molar-refractivity contribution is 0.479. The number of halogens is 1. The smallest absolute Gasteiger partial charge is 0.178 e. The number of nitrogens with zero attached hydrogens (tertiary/aromatic N) is 2. The molecule has 0 spiro atoms. The third kappa shape index (κ3) is 1.93. The van der Waals surface area contributed by atoms with E-state index in [1.165, 1.54) is 6.42 Å². The summed E-state index contributed by atoms with van der Waals surface area (Å²) in [6.45, 7) is 3.10. The van der Waals surface area contributed by atoms with Crippen molar-refractivity contribution in [2.75, 3.05) is 13.1 Å². The van der Waals surface area contributed by atoms with Gasteiger partial charge in [-0.15, -0.1) is 0 Å². The third-order valence-corrected chi connectivity index (χ3v) is 3.92. The third-order valence-electron chi connectivity index (χ3n) is 3.31. The fraction of sp³-hybridized carbons (Fsp3) is 0.417. The van der Waals surface area contributed by atoms with E-state index in [0.717, 1.165) is 29.9 Å². The number of imidazole rings is 1. The molecule has 2 aromatic rings. The average molecular weight is 296 g/mol. The molecule has 1 aromatic heterocycles. The molecule has 2 N–H and O–H groups in total. The molecule has 3 rings (SSSR count). The van der Waals surface area contributed by atoms with E-state index < -0.39 is 0 Å². The van der Waals surface area contributed by atoms with Crippen LogP contribution in [-0.4, -0.2) is 27.7 Å².